The molecule has 1 N–H and O–H groups in total. The number of ether oxygens (including phenoxy) is 1. The number of benzene rings is 1. The number of anilines is 3. The van der Waals surface area contributed by atoms with E-state index in [0.29, 0.717) is 22.7 Å². The molecule has 0 atom stereocenters. The smallest absolute Gasteiger partial charge is 0.264 e. The third-order valence-corrected chi connectivity index (χ3v) is 4.99. The van der Waals surface area contributed by atoms with Crippen molar-refractivity contribution in [3.63, 3.8) is 0 Å². The van der Waals surface area contributed by atoms with Gasteiger partial charge in [0, 0.05) is 37.6 Å². The monoisotopic (exact) mass is 366 g/mol. The quantitative estimate of drug-likeness (QED) is 0.904. The van der Waals surface area contributed by atoms with E-state index < -0.39 is 0 Å². The van der Waals surface area contributed by atoms with Gasteiger partial charge in [0.05, 0.1) is 5.69 Å². The predicted octanol–water partition coefficient (Wildman–Crippen LogP) is 2.68. The van der Waals surface area contributed by atoms with Crippen LogP contribution in [0.3, 0.4) is 0 Å². The molecule has 0 spiro atoms. The normalized spacial score (nSPS) is 16.6. The van der Waals surface area contributed by atoms with E-state index in [2.05, 4.69) is 15.2 Å². The van der Waals surface area contributed by atoms with Crippen molar-refractivity contribution in [2.45, 2.75) is 19.3 Å². The number of carbonyl (C=O) groups is 2. The molecule has 0 radical (unpaired) electrons. The summed E-state index contributed by atoms with van der Waals surface area (Å²) in [6.07, 6.45) is 5.23. The lowest BCUT2D eigenvalue weighted by atomic mass is 10.1. The van der Waals surface area contributed by atoms with Gasteiger partial charge < -0.3 is 19.9 Å². The summed E-state index contributed by atoms with van der Waals surface area (Å²) in [6.45, 7) is 1.98. The molecule has 0 unspecified atom stereocenters. The summed E-state index contributed by atoms with van der Waals surface area (Å²) in [4.78, 5) is 32.7. The fourth-order valence-electron chi connectivity index (χ4n) is 3.41. The molecule has 2 aliphatic rings. The first kappa shape index (κ1) is 17.3. The Labute approximate surface area is 157 Å². The van der Waals surface area contributed by atoms with Crippen LogP contribution in [0, 0.1) is 0 Å². The zero-order chi connectivity index (χ0) is 18.8. The van der Waals surface area contributed by atoms with E-state index in [1.165, 1.54) is 11.3 Å². The van der Waals surface area contributed by atoms with E-state index >= 15 is 0 Å². The van der Waals surface area contributed by atoms with Crippen molar-refractivity contribution in [2.24, 2.45) is 0 Å². The third-order valence-electron chi connectivity index (χ3n) is 4.99. The SMILES string of the molecule is CN1C(=O)COc2ccc(NC(=O)c3ccnc(N4CCCCC4)c3)cc21. The first-order valence-corrected chi connectivity index (χ1v) is 9.17. The highest BCUT2D eigenvalue weighted by Gasteiger charge is 2.23. The number of nitrogens with one attached hydrogen (secondary N) is 1. The number of piperidine rings is 1. The minimum Gasteiger partial charge on any atom is -0.482 e. The minimum absolute atomic E-state index is 0.0332. The second kappa shape index (κ2) is 7.26. The van der Waals surface area contributed by atoms with Gasteiger partial charge in [0.25, 0.3) is 11.8 Å². The van der Waals surface area contributed by atoms with E-state index in [9.17, 15) is 9.59 Å². The van der Waals surface area contributed by atoms with Crippen molar-refractivity contribution < 1.29 is 14.3 Å². The Hall–Kier alpha value is -3.09. The number of rotatable bonds is 3. The maximum absolute atomic E-state index is 12.7. The van der Waals surface area contributed by atoms with Crippen molar-refractivity contribution in [2.75, 3.05) is 41.9 Å². The van der Waals surface area contributed by atoms with E-state index in [4.69, 9.17) is 4.74 Å². The number of fused-ring (bicyclic) bond motifs is 1. The molecule has 7 heteroatoms. The topological polar surface area (TPSA) is 74.8 Å². The fourth-order valence-corrected chi connectivity index (χ4v) is 3.41. The minimum atomic E-state index is -0.207. The summed E-state index contributed by atoms with van der Waals surface area (Å²) in [6, 6.07) is 8.82. The van der Waals surface area contributed by atoms with Crippen molar-refractivity contribution >= 4 is 29.0 Å². The second-order valence-corrected chi connectivity index (χ2v) is 6.83. The molecule has 4 rings (SSSR count). The van der Waals surface area contributed by atoms with Crippen LogP contribution in [0.1, 0.15) is 29.6 Å². The maximum atomic E-state index is 12.7. The first-order chi connectivity index (χ1) is 13.1. The Morgan fingerprint density at radius 2 is 1.96 bits per heavy atom. The van der Waals surface area contributed by atoms with Crippen LogP contribution >= 0.6 is 0 Å². The lowest BCUT2D eigenvalue weighted by Gasteiger charge is -2.28. The van der Waals surface area contributed by atoms with Gasteiger partial charge in [-0.15, -0.1) is 0 Å². The predicted molar refractivity (Wildman–Crippen MR) is 104 cm³/mol. The van der Waals surface area contributed by atoms with Gasteiger partial charge in [-0.1, -0.05) is 0 Å². The summed E-state index contributed by atoms with van der Waals surface area (Å²) in [7, 11) is 1.70. The number of likely N-dealkylation sites (N-methyl/N-ethyl adjacent to an activating group) is 1. The van der Waals surface area contributed by atoms with Gasteiger partial charge in [-0.25, -0.2) is 4.98 Å². The van der Waals surface area contributed by atoms with Gasteiger partial charge in [0.2, 0.25) is 0 Å². The molecule has 1 saturated heterocycles. The summed E-state index contributed by atoms with van der Waals surface area (Å²) >= 11 is 0. The standard InChI is InChI=1S/C20H22N4O3/c1-23-16-12-15(5-6-17(16)27-13-19(23)25)22-20(26)14-7-8-21-18(11-14)24-9-3-2-4-10-24/h5-8,11-12H,2-4,9-10,13H2,1H3,(H,22,26). The molecule has 1 fully saturated rings. The number of hydrogen-bond acceptors (Lipinski definition) is 5. The van der Waals surface area contributed by atoms with Gasteiger partial charge in [-0.3, -0.25) is 9.59 Å². The Morgan fingerprint density at radius 1 is 1.15 bits per heavy atom. The van der Waals surface area contributed by atoms with Crippen LogP contribution < -0.4 is 19.9 Å². The molecule has 140 valence electrons. The molecule has 1 aromatic carbocycles. The maximum Gasteiger partial charge on any atom is 0.264 e. The van der Waals surface area contributed by atoms with Crippen LogP contribution in [-0.4, -0.2) is 43.5 Å². The van der Waals surface area contributed by atoms with Crippen molar-refractivity contribution in [1.82, 2.24) is 4.98 Å². The average Bonchev–Trinajstić information content (AvgIpc) is 2.72. The third kappa shape index (κ3) is 3.58. The zero-order valence-corrected chi connectivity index (χ0v) is 15.3. The number of amides is 2. The van der Waals surface area contributed by atoms with E-state index in [-0.39, 0.29) is 18.4 Å². The first-order valence-electron chi connectivity index (χ1n) is 9.17. The summed E-state index contributed by atoms with van der Waals surface area (Å²) in [5, 5.41) is 2.90. The van der Waals surface area contributed by atoms with Crippen LogP contribution in [0.5, 0.6) is 5.75 Å². The second-order valence-electron chi connectivity index (χ2n) is 6.83. The van der Waals surface area contributed by atoms with Crippen molar-refractivity contribution in [1.29, 1.82) is 0 Å². The molecule has 2 aromatic rings. The molecular weight excluding hydrogens is 344 g/mol. The molecule has 2 aliphatic heterocycles. The summed E-state index contributed by atoms with van der Waals surface area (Å²) in [5.74, 6) is 1.14. The van der Waals surface area contributed by atoms with Gasteiger partial charge in [-0.05, 0) is 49.6 Å². The number of carbonyl (C=O) groups excluding carboxylic acids is 2. The Morgan fingerprint density at radius 3 is 2.78 bits per heavy atom. The molecule has 1 aromatic heterocycles. The lowest BCUT2D eigenvalue weighted by molar-refractivity contribution is -0.120. The molecule has 0 bridgehead atoms. The number of aromatic nitrogens is 1. The molecule has 0 aliphatic carbocycles. The van der Waals surface area contributed by atoms with Crippen LogP contribution in [0.15, 0.2) is 36.5 Å². The Balaban J connectivity index is 1.52. The van der Waals surface area contributed by atoms with Gasteiger partial charge in [-0.2, -0.15) is 0 Å². The van der Waals surface area contributed by atoms with E-state index in [0.717, 1.165) is 31.7 Å². The molecule has 27 heavy (non-hydrogen) atoms. The zero-order valence-electron chi connectivity index (χ0n) is 15.3. The highest BCUT2D eigenvalue weighted by atomic mass is 16.5. The molecule has 3 heterocycles. The Bertz CT molecular complexity index is 877. The summed E-state index contributed by atoms with van der Waals surface area (Å²) in [5.41, 5.74) is 1.82. The van der Waals surface area contributed by atoms with E-state index in [1.807, 2.05) is 6.07 Å². The van der Waals surface area contributed by atoms with Crippen LogP contribution in [0.2, 0.25) is 0 Å². The summed E-state index contributed by atoms with van der Waals surface area (Å²) < 4.78 is 5.42. The average molecular weight is 366 g/mol. The lowest BCUT2D eigenvalue weighted by Crippen LogP contribution is -2.35. The van der Waals surface area contributed by atoms with Crippen molar-refractivity contribution in [3.05, 3.63) is 42.1 Å². The molecule has 2 amide bonds. The molecular formula is C20H22N4O3. The van der Waals surface area contributed by atoms with E-state index in [1.54, 1.807) is 37.5 Å². The Kier molecular flexibility index (Phi) is 4.66. The highest BCUT2D eigenvalue weighted by molar-refractivity contribution is 6.05. The highest BCUT2D eigenvalue weighted by Crippen LogP contribution is 2.33. The van der Waals surface area contributed by atoms with Gasteiger partial charge in [0.1, 0.15) is 11.6 Å². The van der Waals surface area contributed by atoms with Gasteiger partial charge >= 0.3 is 0 Å². The fraction of sp³-hybridized carbons (Fsp3) is 0.350. The molecule has 7 nitrogen and oxygen atoms in total. The molecule has 0 saturated carbocycles. The number of nitrogens with zero attached hydrogens (tertiary/aromatic N) is 3. The van der Waals surface area contributed by atoms with Crippen LogP contribution in [0.4, 0.5) is 17.2 Å². The van der Waals surface area contributed by atoms with Gasteiger partial charge in [0.15, 0.2) is 6.61 Å². The number of pyridine rings is 1. The van der Waals surface area contributed by atoms with Crippen molar-refractivity contribution in [3.8, 4) is 5.75 Å². The number of hydrogen-bond donors (Lipinski definition) is 1. The largest absolute Gasteiger partial charge is 0.482 e. The van der Waals surface area contributed by atoms with Crippen LogP contribution in [-0.2, 0) is 4.79 Å². The van der Waals surface area contributed by atoms with Crippen LogP contribution in [0.25, 0.3) is 0 Å².